The zero-order chi connectivity index (χ0) is 14.4. The number of hydrogen-bond donors (Lipinski definition) is 1. The lowest BCUT2D eigenvalue weighted by Gasteiger charge is -2.15. The summed E-state index contributed by atoms with van der Waals surface area (Å²) in [6, 6.07) is 5.53. The number of benzene rings is 1. The van der Waals surface area contributed by atoms with Gasteiger partial charge in [-0.05, 0) is 19.1 Å². The van der Waals surface area contributed by atoms with Crippen LogP contribution in [-0.4, -0.2) is 42.8 Å². The molecule has 6 heteroatoms. The highest BCUT2D eigenvalue weighted by atomic mass is 16.6. The van der Waals surface area contributed by atoms with Crippen molar-refractivity contribution in [2.45, 2.75) is 13.5 Å². The van der Waals surface area contributed by atoms with E-state index in [9.17, 15) is 9.59 Å². The second-order valence-corrected chi connectivity index (χ2v) is 4.12. The van der Waals surface area contributed by atoms with Crippen molar-refractivity contribution in [1.29, 1.82) is 0 Å². The quantitative estimate of drug-likeness (QED) is 0.878. The molecule has 0 spiro atoms. The van der Waals surface area contributed by atoms with Gasteiger partial charge in [-0.25, -0.2) is 4.79 Å². The fourth-order valence-electron chi connectivity index (χ4n) is 1.54. The van der Waals surface area contributed by atoms with E-state index in [4.69, 9.17) is 14.6 Å². The zero-order valence-electron chi connectivity index (χ0n) is 11.2. The molecule has 19 heavy (non-hydrogen) atoms. The summed E-state index contributed by atoms with van der Waals surface area (Å²) in [5.41, 5.74) is 1.75. The molecule has 0 aliphatic heterocycles. The van der Waals surface area contributed by atoms with Crippen molar-refractivity contribution in [1.82, 2.24) is 4.90 Å². The van der Waals surface area contributed by atoms with Crippen LogP contribution in [0.25, 0.3) is 0 Å². The van der Waals surface area contributed by atoms with Crippen LogP contribution in [0.5, 0.6) is 5.75 Å². The Balaban J connectivity index is 2.63. The standard InChI is InChI=1S/C13H17NO5/c1-9-4-5-11(18-3)10(6-9)8-19-13(17)14(2)7-12(15)16/h4-6H,7-8H2,1-3H3,(H,15,16). The number of amides is 1. The average Bonchev–Trinajstić information content (AvgIpc) is 2.35. The first kappa shape index (κ1) is 14.8. The van der Waals surface area contributed by atoms with Crippen molar-refractivity contribution in [3.8, 4) is 5.75 Å². The number of carboxylic acid groups (broad SMARTS) is 1. The van der Waals surface area contributed by atoms with E-state index in [0.717, 1.165) is 16.0 Å². The maximum Gasteiger partial charge on any atom is 0.410 e. The average molecular weight is 267 g/mol. The molecular formula is C13H17NO5. The van der Waals surface area contributed by atoms with Crippen LogP contribution in [0.1, 0.15) is 11.1 Å². The van der Waals surface area contributed by atoms with E-state index >= 15 is 0 Å². The molecule has 0 saturated heterocycles. The SMILES string of the molecule is COc1ccc(C)cc1COC(=O)N(C)CC(=O)O. The summed E-state index contributed by atoms with van der Waals surface area (Å²) in [6.45, 7) is 1.55. The Morgan fingerprint density at radius 2 is 2.05 bits per heavy atom. The van der Waals surface area contributed by atoms with E-state index in [2.05, 4.69) is 0 Å². The number of aryl methyl sites for hydroxylation is 1. The minimum Gasteiger partial charge on any atom is -0.496 e. The monoisotopic (exact) mass is 267 g/mol. The van der Waals surface area contributed by atoms with E-state index in [1.165, 1.54) is 14.2 Å². The van der Waals surface area contributed by atoms with Crippen molar-refractivity contribution >= 4 is 12.1 Å². The molecule has 0 saturated carbocycles. The first-order valence-electron chi connectivity index (χ1n) is 5.67. The number of methoxy groups -OCH3 is 1. The molecule has 1 rings (SSSR count). The van der Waals surface area contributed by atoms with Crippen LogP contribution in [0.15, 0.2) is 18.2 Å². The largest absolute Gasteiger partial charge is 0.496 e. The van der Waals surface area contributed by atoms with Crippen molar-refractivity contribution in [2.24, 2.45) is 0 Å². The molecule has 0 heterocycles. The molecule has 0 bridgehead atoms. The molecule has 0 radical (unpaired) electrons. The predicted octanol–water partition coefficient (Wildman–Crippen LogP) is 1.66. The summed E-state index contributed by atoms with van der Waals surface area (Å²) in [5.74, 6) is -0.466. The van der Waals surface area contributed by atoms with Gasteiger partial charge in [-0.1, -0.05) is 11.6 Å². The number of likely N-dealkylation sites (N-methyl/N-ethyl adjacent to an activating group) is 1. The lowest BCUT2D eigenvalue weighted by Crippen LogP contribution is -2.32. The van der Waals surface area contributed by atoms with Gasteiger partial charge in [-0.2, -0.15) is 0 Å². The summed E-state index contributed by atoms with van der Waals surface area (Å²) in [5, 5.41) is 8.57. The number of aliphatic carboxylic acids is 1. The molecule has 1 aromatic rings. The van der Waals surface area contributed by atoms with Gasteiger partial charge < -0.3 is 19.5 Å². The third-order valence-corrected chi connectivity index (χ3v) is 2.47. The Labute approximate surface area is 111 Å². The lowest BCUT2D eigenvalue weighted by atomic mass is 10.1. The van der Waals surface area contributed by atoms with Crippen LogP contribution in [0.2, 0.25) is 0 Å². The Bertz CT molecular complexity index is 472. The van der Waals surface area contributed by atoms with Gasteiger partial charge in [0.2, 0.25) is 0 Å². The van der Waals surface area contributed by atoms with Gasteiger partial charge in [-0.3, -0.25) is 4.79 Å². The molecule has 1 aromatic carbocycles. The van der Waals surface area contributed by atoms with E-state index < -0.39 is 18.6 Å². The minimum absolute atomic E-state index is 0.0354. The van der Waals surface area contributed by atoms with Gasteiger partial charge in [0.05, 0.1) is 7.11 Å². The van der Waals surface area contributed by atoms with Crippen molar-refractivity contribution in [2.75, 3.05) is 20.7 Å². The van der Waals surface area contributed by atoms with Crippen LogP contribution in [0, 0.1) is 6.92 Å². The van der Waals surface area contributed by atoms with Gasteiger partial charge >= 0.3 is 12.1 Å². The lowest BCUT2D eigenvalue weighted by molar-refractivity contribution is -0.137. The number of carbonyl (C=O) groups is 2. The first-order valence-corrected chi connectivity index (χ1v) is 5.67. The van der Waals surface area contributed by atoms with E-state index in [0.29, 0.717) is 5.75 Å². The highest BCUT2D eigenvalue weighted by Crippen LogP contribution is 2.20. The summed E-state index contributed by atoms with van der Waals surface area (Å²) >= 11 is 0. The Morgan fingerprint density at radius 1 is 1.37 bits per heavy atom. The molecule has 1 N–H and O–H groups in total. The fraction of sp³-hybridized carbons (Fsp3) is 0.385. The van der Waals surface area contributed by atoms with Gasteiger partial charge in [0.1, 0.15) is 18.9 Å². The Kier molecular flexibility index (Phi) is 5.17. The molecule has 0 atom stereocenters. The number of rotatable bonds is 5. The highest BCUT2D eigenvalue weighted by Gasteiger charge is 2.14. The topological polar surface area (TPSA) is 76.1 Å². The summed E-state index contributed by atoms with van der Waals surface area (Å²) in [6.07, 6.45) is -0.689. The summed E-state index contributed by atoms with van der Waals surface area (Å²) < 4.78 is 10.2. The fourth-order valence-corrected chi connectivity index (χ4v) is 1.54. The van der Waals surface area contributed by atoms with Gasteiger partial charge in [0.15, 0.2) is 0 Å². The zero-order valence-corrected chi connectivity index (χ0v) is 11.2. The first-order chi connectivity index (χ1) is 8.93. The number of hydrogen-bond acceptors (Lipinski definition) is 4. The molecule has 0 unspecified atom stereocenters. The Morgan fingerprint density at radius 3 is 2.63 bits per heavy atom. The molecule has 0 fully saturated rings. The van der Waals surface area contributed by atoms with E-state index in [-0.39, 0.29) is 6.61 Å². The smallest absolute Gasteiger partial charge is 0.410 e. The third kappa shape index (κ3) is 4.50. The predicted molar refractivity (Wildman–Crippen MR) is 68.2 cm³/mol. The normalized spacial score (nSPS) is 9.84. The van der Waals surface area contributed by atoms with Crippen molar-refractivity contribution in [3.63, 3.8) is 0 Å². The van der Waals surface area contributed by atoms with E-state index in [1.54, 1.807) is 6.07 Å². The van der Waals surface area contributed by atoms with Crippen LogP contribution in [0.4, 0.5) is 4.79 Å². The highest BCUT2D eigenvalue weighted by molar-refractivity contribution is 5.76. The molecule has 0 aromatic heterocycles. The van der Waals surface area contributed by atoms with Crippen LogP contribution in [0.3, 0.4) is 0 Å². The minimum atomic E-state index is -1.09. The second-order valence-electron chi connectivity index (χ2n) is 4.12. The molecule has 0 aliphatic rings. The number of carbonyl (C=O) groups excluding carboxylic acids is 1. The molecular weight excluding hydrogens is 250 g/mol. The van der Waals surface area contributed by atoms with Gasteiger partial charge in [0, 0.05) is 12.6 Å². The van der Waals surface area contributed by atoms with Crippen LogP contribution >= 0.6 is 0 Å². The van der Waals surface area contributed by atoms with Crippen molar-refractivity contribution < 1.29 is 24.2 Å². The second kappa shape index (κ2) is 6.63. The molecule has 0 aliphatic carbocycles. The van der Waals surface area contributed by atoms with Gasteiger partial charge in [-0.15, -0.1) is 0 Å². The van der Waals surface area contributed by atoms with Crippen molar-refractivity contribution in [3.05, 3.63) is 29.3 Å². The molecule has 6 nitrogen and oxygen atoms in total. The number of ether oxygens (including phenoxy) is 2. The third-order valence-electron chi connectivity index (χ3n) is 2.47. The number of carboxylic acids is 1. The maximum absolute atomic E-state index is 11.5. The van der Waals surface area contributed by atoms with E-state index in [1.807, 2.05) is 19.1 Å². The van der Waals surface area contributed by atoms with Crippen LogP contribution < -0.4 is 4.74 Å². The molecule has 1 amide bonds. The number of nitrogens with zero attached hydrogens (tertiary/aromatic N) is 1. The summed E-state index contributed by atoms with van der Waals surface area (Å²) in [4.78, 5) is 23.0. The van der Waals surface area contributed by atoms with Crippen LogP contribution in [-0.2, 0) is 16.1 Å². The van der Waals surface area contributed by atoms with Gasteiger partial charge in [0.25, 0.3) is 0 Å². The Hall–Kier alpha value is -2.24. The molecule has 104 valence electrons. The maximum atomic E-state index is 11.5. The summed E-state index contributed by atoms with van der Waals surface area (Å²) in [7, 11) is 2.90.